The first-order chi connectivity index (χ1) is 33.3. The first kappa shape index (κ1) is 55.7. The minimum absolute atomic E-state index is 0.0178. The second-order valence-electron chi connectivity index (χ2n) is 17.8. The molecule has 6 aromatic carbocycles. The van der Waals surface area contributed by atoms with Gasteiger partial charge in [-0.2, -0.15) is 30.9 Å². The molecule has 7 nitrogen and oxygen atoms in total. The molecule has 1 aliphatic heterocycles. The molecule has 0 bridgehead atoms. The van der Waals surface area contributed by atoms with E-state index < -0.39 is 58.6 Å². The maximum atomic E-state index is 14.9. The SMILES string of the molecule is COCN(Cc1ccccc1)C[Si](C)(C)C.COc1ccc(/C(=C\[S+](O)c2ccccc2)C(F)(F)F)cc1.COc1ccc(C2(C(F)(F)F)CN(Cc3ccccc3)CC2S(=O)c2ccccc2)cc1. The van der Waals surface area contributed by atoms with Crippen molar-refractivity contribution >= 4 is 35.6 Å². The van der Waals surface area contributed by atoms with Gasteiger partial charge in [-0.3, -0.25) is 14.0 Å². The molecule has 70 heavy (non-hydrogen) atoms. The quantitative estimate of drug-likeness (QED) is 0.0448. The Morgan fingerprint density at radius 3 is 1.69 bits per heavy atom. The molecule has 0 aromatic heterocycles. The van der Waals surface area contributed by atoms with E-state index in [0.717, 1.165) is 24.2 Å². The van der Waals surface area contributed by atoms with Gasteiger partial charge >= 0.3 is 12.4 Å². The molecule has 7 rings (SSSR count). The lowest BCUT2D eigenvalue weighted by Gasteiger charge is -2.37. The average Bonchev–Trinajstić information content (AvgIpc) is 3.74. The van der Waals surface area contributed by atoms with E-state index in [4.69, 9.17) is 14.2 Å². The van der Waals surface area contributed by atoms with Gasteiger partial charge in [0, 0.05) is 38.2 Å². The van der Waals surface area contributed by atoms with Gasteiger partial charge in [0.05, 0.1) is 45.1 Å². The fourth-order valence-electron chi connectivity index (χ4n) is 8.09. The minimum Gasteiger partial charge on any atom is -0.497 e. The molecule has 1 saturated heterocycles. The lowest BCUT2D eigenvalue weighted by Crippen LogP contribution is -2.53. The van der Waals surface area contributed by atoms with Crippen molar-refractivity contribution < 1.29 is 49.3 Å². The molecule has 4 atom stereocenters. The summed E-state index contributed by atoms with van der Waals surface area (Å²) in [6, 6.07) is 48.2. The van der Waals surface area contributed by atoms with Crippen LogP contribution >= 0.6 is 0 Å². The van der Waals surface area contributed by atoms with Crippen LogP contribution in [-0.2, 0) is 45.2 Å². The average molecular weight is 1020 g/mol. The van der Waals surface area contributed by atoms with Crippen molar-refractivity contribution in [2.75, 3.05) is 47.3 Å². The van der Waals surface area contributed by atoms with Crippen molar-refractivity contribution in [1.29, 1.82) is 0 Å². The summed E-state index contributed by atoms with van der Waals surface area (Å²) in [5.74, 6) is 0.947. The van der Waals surface area contributed by atoms with E-state index in [1.54, 1.807) is 72.7 Å². The number of hydrogen-bond acceptors (Lipinski definition) is 7. The van der Waals surface area contributed by atoms with E-state index in [1.807, 2.05) is 30.3 Å². The van der Waals surface area contributed by atoms with Gasteiger partial charge in [0.2, 0.25) is 11.2 Å². The summed E-state index contributed by atoms with van der Waals surface area (Å²) in [4.78, 5) is 4.99. The van der Waals surface area contributed by atoms with Crippen LogP contribution in [0, 0.1) is 0 Å². The van der Waals surface area contributed by atoms with Crippen molar-refractivity contribution in [3.05, 3.63) is 198 Å². The highest BCUT2D eigenvalue weighted by atomic mass is 32.2. The molecular weight excluding hydrogens is 963 g/mol. The third-order valence-corrected chi connectivity index (χ3v) is 15.6. The minimum atomic E-state index is -4.60. The maximum absolute atomic E-state index is 14.9. The Balaban J connectivity index is 0.000000209. The highest BCUT2D eigenvalue weighted by molar-refractivity contribution is 7.94. The summed E-state index contributed by atoms with van der Waals surface area (Å²) in [6.07, 6.45) is -7.98. The Labute approximate surface area is 414 Å². The van der Waals surface area contributed by atoms with E-state index >= 15 is 0 Å². The Hall–Kier alpha value is -5.20. The number of halogens is 6. The first-order valence-corrected chi connectivity index (χ1v) is 28.5. The van der Waals surface area contributed by atoms with E-state index in [-0.39, 0.29) is 24.2 Å². The smallest absolute Gasteiger partial charge is 0.421 e. The van der Waals surface area contributed by atoms with Crippen LogP contribution in [0.3, 0.4) is 0 Å². The molecule has 1 heterocycles. The molecule has 1 N–H and O–H groups in total. The lowest BCUT2D eigenvalue weighted by molar-refractivity contribution is -0.185. The van der Waals surface area contributed by atoms with Gasteiger partial charge in [0.25, 0.3) is 0 Å². The predicted octanol–water partition coefficient (Wildman–Crippen LogP) is 12.9. The summed E-state index contributed by atoms with van der Waals surface area (Å²) in [5, 5.41) is -0.307. The van der Waals surface area contributed by atoms with Crippen LogP contribution in [0.15, 0.2) is 185 Å². The number of ether oxygens (including phenoxy) is 3. The summed E-state index contributed by atoms with van der Waals surface area (Å²) >= 11 is -1.63. The van der Waals surface area contributed by atoms with Crippen LogP contribution < -0.4 is 9.47 Å². The number of allylic oxidation sites excluding steroid dienone is 1. The molecule has 0 saturated carbocycles. The first-order valence-electron chi connectivity index (χ1n) is 22.4. The van der Waals surface area contributed by atoms with E-state index in [9.17, 15) is 35.1 Å². The second kappa shape index (κ2) is 25.8. The molecule has 4 unspecified atom stereocenters. The van der Waals surface area contributed by atoms with Crippen LogP contribution in [0.5, 0.6) is 11.5 Å². The molecule has 0 spiro atoms. The van der Waals surface area contributed by atoms with Crippen LogP contribution in [0.1, 0.15) is 22.3 Å². The molecule has 0 aliphatic carbocycles. The fourth-order valence-corrected chi connectivity index (χ4v) is 12.5. The summed E-state index contributed by atoms with van der Waals surface area (Å²) < 4.78 is 124. The third kappa shape index (κ3) is 15.9. The lowest BCUT2D eigenvalue weighted by atomic mass is 9.78. The highest BCUT2D eigenvalue weighted by Crippen LogP contribution is 2.51. The summed E-state index contributed by atoms with van der Waals surface area (Å²) in [5.41, 5.74) is -0.770. The van der Waals surface area contributed by atoms with Crippen molar-refractivity contribution in [3.8, 4) is 11.5 Å². The Morgan fingerprint density at radius 2 is 1.21 bits per heavy atom. The van der Waals surface area contributed by atoms with Gasteiger partial charge in [-0.15, -0.1) is 0 Å². The predicted molar refractivity (Wildman–Crippen MR) is 273 cm³/mol. The number of benzene rings is 6. The van der Waals surface area contributed by atoms with Gasteiger partial charge in [-0.25, -0.2) is 0 Å². The molecule has 374 valence electrons. The van der Waals surface area contributed by atoms with Crippen LogP contribution in [0.25, 0.3) is 5.57 Å². The molecule has 0 amide bonds. The Kier molecular flexibility index (Phi) is 20.5. The Bertz CT molecular complexity index is 2520. The highest BCUT2D eigenvalue weighted by Gasteiger charge is 2.66. The second-order valence-corrected chi connectivity index (χ2v) is 26.2. The van der Waals surface area contributed by atoms with E-state index in [2.05, 4.69) is 54.9 Å². The van der Waals surface area contributed by atoms with Crippen LogP contribution in [-0.4, -0.2) is 91.6 Å². The monoisotopic (exact) mass is 1020 g/mol. The number of likely N-dealkylation sites (tertiary alicyclic amines) is 1. The maximum Gasteiger partial charge on any atom is 0.421 e. The molecule has 1 aliphatic rings. The third-order valence-electron chi connectivity index (χ3n) is 11.2. The van der Waals surface area contributed by atoms with Gasteiger partial charge in [0.15, 0.2) is 10.3 Å². The van der Waals surface area contributed by atoms with E-state index in [0.29, 0.717) is 27.8 Å². The van der Waals surface area contributed by atoms with Crippen molar-refractivity contribution in [2.24, 2.45) is 0 Å². The van der Waals surface area contributed by atoms with Gasteiger partial charge in [0.1, 0.15) is 22.5 Å². The normalized spacial score (nSPS) is 17.4. The fraction of sp³-hybridized carbons (Fsp3) is 0.296. The number of methoxy groups -OCH3 is 3. The number of nitrogens with zero attached hydrogens (tertiary/aromatic N) is 2. The van der Waals surface area contributed by atoms with Crippen molar-refractivity contribution in [3.63, 3.8) is 0 Å². The number of alkyl halides is 6. The van der Waals surface area contributed by atoms with Crippen LogP contribution in [0.4, 0.5) is 26.3 Å². The topological polar surface area (TPSA) is 71.5 Å². The van der Waals surface area contributed by atoms with Crippen molar-refractivity contribution in [1.82, 2.24) is 9.80 Å². The summed E-state index contributed by atoms with van der Waals surface area (Å²) in [7, 11) is 1.76. The molecule has 0 radical (unpaired) electrons. The zero-order valence-electron chi connectivity index (χ0n) is 40.1. The van der Waals surface area contributed by atoms with Crippen LogP contribution in [0.2, 0.25) is 19.6 Å². The zero-order chi connectivity index (χ0) is 51.0. The summed E-state index contributed by atoms with van der Waals surface area (Å²) in [6.45, 7) is 9.04. The zero-order valence-corrected chi connectivity index (χ0v) is 42.8. The van der Waals surface area contributed by atoms with Gasteiger partial charge < -0.3 is 14.2 Å². The largest absolute Gasteiger partial charge is 0.497 e. The van der Waals surface area contributed by atoms with Gasteiger partial charge in [-0.05, 0) is 77.0 Å². The standard InChI is InChI=1S/C25H24F3NO2S.C16H14F3O2S.C13H23NOSi/c1-31-21-14-12-20(13-15-21)24(25(26,27)28)18-29(16-19-8-4-2-5-9-19)17-23(24)32(30)22-10-6-3-7-11-22;1-21-13-9-7-12(8-10-13)15(16(17,18)19)11-22(20)14-5-3-2-4-6-14;1-15-11-14(12-16(2,3)4)10-13-8-6-5-7-9-13/h2-15,23H,16-18H2,1H3;2-11,20H,1H3;5-9H,10-12H2,1-4H3/q;+1;/b;15-11+;. The van der Waals surface area contributed by atoms with Crippen molar-refractivity contribution in [2.45, 2.75) is 65.5 Å². The number of hydrogen-bond donors (Lipinski definition) is 1. The van der Waals surface area contributed by atoms with E-state index in [1.165, 1.54) is 74.5 Å². The molecule has 6 aromatic rings. The van der Waals surface area contributed by atoms with Gasteiger partial charge in [-0.1, -0.05) is 141 Å². The molecular formula is C54H61F6N2O5S2Si+. The number of rotatable bonds is 16. The Morgan fingerprint density at radius 1 is 0.729 bits per heavy atom. The molecule has 16 heteroatoms. The molecule has 1 fully saturated rings.